The molecule has 0 aliphatic rings. The van der Waals surface area contributed by atoms with Crippen LogP contribution in [0.15, 0.2) is 0 Å². The van der Waals surface area contributed by atoms with Crippen LogP contribution in [0.2, 0.25) is 0 Å². The van der Waals surface area contributed by atoms with E-state index in [2.05, 4.69) is 0 Å². The van der Waals surface area contributed by atoms with Crippen LogP contribution < -0.4 is 0 Å². The summed E-state index contributed by atoms with van der Waals surface area (Å²) in [5, 5.41) is 8.08. The summed E-state index contributed by atoms with van der Waals surface area (Å²) in [5.41, 5.74) is -5.17. The lowest BCUT2D eigenvalue weighted by atomic mass is 9.99. The fraction of sp³-hybridized carbons (Fsp3) is 0.875. The highest BCUT2D eigenvalue weighted by Gasteiger charge is 2.71. The van der Waals surface area contributed by atoms with Crippen LogP contribution in [0.4, 0.5) is 30.7 Å². The summed E-state index contributed by atoms with van der Waals surface area (Å²) in [7, 11) is 0. The van der Waals surface area contributed by atoms with E-state index in [1.165, 1.54) is 0 Å². The third kappa shape index (κ3) is 4.26. The smallest absolute Gasteiger partial charge is 0.224 e. The van der Waals surface area contributed by atoms with Crippen molar-refractivity contribution in [2.45, 2.75) is 30.9 Å². The summed E-state index contributed by atoms with van der Waals surface area (Å²) in [5.74, 6) is -0.192. The minimum atomic E-state index is -5.98. The van der Waals surface area contributed by atoms with Crippen molar-refractivity contribution in [3.63, 3.8) is 0 Å². The topological polar surface area (TPSA) is 23.8 Å². The standard InChI is InChI=1S/C8H8F7NS/c9-6(7(10,11)12,8(13,14)15)2-1-4-17-5-3-16/h1-2,4-5H2. The molecule has 0 aromatic carbocycles. The van der Waals surface area contributed by atoms with E-state index in [1.807, 2.05) is 0 Å². The summed E-state index contributed by atoms with van der Waals surface area (Å²) in [6.07, 6.45) is -14.3. The van der Waals surface area contributed by atoms with Crippen LogP contribution in [-0.2, 0) is 0 Å². The molecule has 0 amide bonds. The number of nitriles is 1. The zero-order chi connectivity index (χ0) is 13.7. The Morgan fingerprint density at radius 2 is 1.41 bits per heavy atom. The lowest BCUT2D eigenvalue weighted by molar-refractivity contribution is -0.343. The van der Waals surface area contributed by atoms with Gasteiger partial charge in [0, 0.05) is 6.42 Å². The molecular formula is C8H8F7NS. The van der Waals surface area contributed by atoms with Gasteiger partial charge in [0.25, 0.3) is 5.67 Å². The van der Waals surface area contributed by atoms with Gasteiger partial charge in [-0.2, -0.15) is 31.6 Å². The fourth-order valence-electron chi connectivity index (χ4n) is 0.980. The molecule has 0 spiro atoms. The number of hydrogen-bond donors (Lipinski definition) is 0. The first-order valence-corrected chi connectivity index (χ1v) is 5.49. The maximum atomic E-state index is 13.0. The predicted octanol–water partition coefficient (Wildman–Crippen LogP) is 3.86. The highest BCUT2D eigenvalue weighted by molar-refractivity contribution is 7.99. The number of nitrogens with zero attached hydrogens (tertiary/aromatic N) is 1. The van der Waals surface area contributed by atoms with E-state index in [0.29, 0.717) is 0 Å². The quantitative estimate of drug-likeness (QED) is 0.565. The molecule has 0 saturated carbocycles. The van der Waals surface area contributed by atoms with Crippen molar-refractivity contribution in [2.75, 3.05) is 11.5 Å². The van der Waals surface area contributed by atoms with E-state index < -0.39 is 30.9 Å². The van der Waals surface area contributed by atoms with E-state index in [0.717, 1.165) is 11.8 Å². The van der Waals surface area contributed by atoms with E-state index >= 15 is 0 Å². The third-order valence-electron chi connectivity index (χ3n) is 1.88. The Balaban J connectivity index is 4.50. The largest absolute Gasteiger partial charge is 0.431 e. The molecular weight excluding hydrogens is 275 g/mol. The van der Waals surface area contributed by atoms with Gasteiger partial charge in [-0.25, -0.2) is 4.39 Å². The van der Waals surface area contributed by atoms with Gasteiger partial charge in [0.05, 0.1) is 11.8 Å². The van der Waals surface area contributed by atoms with Crippen LogP contribution in [-0.4, -0.2) is 29.5 Å². The van der Waals surface area contributed by atoms with Crippen LogP contribution in [0.5, 0.6) is 0 Å². The van der Waals surface area contributed by atoms with E-state index in [-0.39, 0.29) is 11.5 Å². The fourth-order valence-corrected chi connectivity index (χ4v) is 1.56. The SMILES string of the molecule is N#CCSCCCC(F)(C(F)(F)F)C(F)(F)F. The molecule has 0 radical (unpaired) electrons. The molecule has 0 heterocycles. The van der Waals surface area contributed by atoms with Crippen molar-refractivity contribution in [1.82, 2.24) is 0 Å². The average Bonchev–Trinajstić information content (AvgIpc) is 2.13. The van der Waals surface area contributed by atoms with Crippen LogP contribution in [0.25, 0.3) is 0 Å². The predicted molar refractivity (Wildman–Crippen MR) is 48.1 cm³/mol. The minimum Gasteiger partial charge on any atom is -0.224 e. The van der Waals surface area contributed by atoms with Gasteiger partial charge in [0.2, 0.25) is 0 Å². The lowest BCUT2D eigenvalue weighted by Gasteiger charge is -2.29. The van der Waals surface area contributed by atoms with Crippen molar-refractivity contribution >= 4 is 11.8 Å². The summed E-state index contributed by atoms with van der Waals surface area (Å²) < 4.78 is 85.1. The van der Waals surface area contributed by atoms with Crippen LogP contribution in [0.1, 0.15) is 12.8 Å². The summed E-state index contributed by atoms with van der Waals surface area (Å²) in [4.78, 5) is 0. The van der Waals surface area contributed by atoms with Gasteiger partial charge in [-0.1, -0.05) is 0 Å². The molecule has 0 aromatic rings. The van der Waals surface area contributed by atoms with Gasteiger partial charge in [0.1, 0.15) is 0 Å². The number of halogens is 7. The molecule has 0 aliphatic heterocycles. The highest BCUT2D eigenvalue weighted by Crippen LogP contribution is 2.48. The van der Waals surface area contributed by atoms with Crippen molar-refractivity contribution in [3.8, 4) is 6.07 Å². The number of thioether (sulfide) groups is 1. The van der Waals surface area contributed by atoms with Crippen molar-refractivity contribution in [2.24, 2.45) is 0 Å². The second-order valence-electron chi connectivity index (χ2n) is 3.11. The van der Waals surface area contributed by atoms with Crippen LogP contribution in [0.3, 0.4) is 0 Å². The monoisotopic (exact) mass is 283 g/mol. The third-order valence-corrected chi connectivity index (χ3v) is 2.79. The normalized spacial score (nSPS) is 13.5. The summed E-state index contributed by atoms with van der Waals surface area (Å²) >= 11 is 0.853. The highest BCUT2D eigenvalue weighted by atomic mass is 32.2. The van der Waals surface area contributed by atoms with Gasteiger partial charge >= 0.3 is 12.4 Å². The van der Waals surface area contributed by atoms with E-state index in [1.54, 1.807) is 6.07 Å². The molecule has 0 N–H and O–H groups in total. The Labute approximate surface area is 97.0 Å². The number of rotatable bonds is 5. The van der Waals surface area contributed by atoms with Gasteiger partial charge in [-0.05, 0) is 12.2 Å². The molecule has 0 atom stereocenters. The molecule has 0 fully saturated rings. The Hall–Kier alpha value is -0.650. The Kier molecular flexibility index (Phi) is 5.58. The minimum absolute atomic E-state index is 0.0582. The molecule has 0 saturated heterocycles. The molecule has 0 unspecified atom stereocenters. The molecule has 1 nitrogen and oxygen atoms in total. The zero-order valence-corrected chi connectivity index (χ0v) is 9.15. The zero-order valence-electron chi connectivity index (χ0n) is 8.33. The Morgan fingerprint density at radius 3 is 1.76 bits per heavy atom. The average molecular weight is 283 g/mol. The second kappa shape index (κ2) is 5.80. The maximum Gasteiger partial charge on any atom is 0.431 e. The van der Waals surface area contributed by atoms with E-state index in [9.17, 15) is 30.7 Å². The second-order valence-corrected chi connectivity index (χ2v) is 4.22. The van der Waals surface area contributed by atoms with Crippen molar-refractivity contribution in [3.05, 3.63) is 0 Å². The summed E-state index contributed by atoms with van der Waals surface area (Å²) in [6, 6.07) is 1.65. The van der Waals surface area contributed by atoms with Gasteiger partial charge < -0.3 is 0 Å². The van der Waals surface area contributed by atoms with Gasteiger partial charge in [-0.3, -0.25) is 0 Å². The van der Waals surface area contributed by atoms with Crippen LogP contribution >= 0.6 is 11.8 Å². The lowest BCUT2D eigenvalue weighted by Crippen LogP contribution is -2.53. The number of hydrogen-bond acceptors (Lipinski definition) is 2. The number of alkyl halides is 7. The first-order valence-electron chi connectivity index (χ1n) is 4.33. The molecule has 0 rings (SSSR count). The Morgan fingerprint density at radius 1 is 0.941 bits per heavy atom. The summed E-state index contributed by atoms with van der Waals surface area (Å²) in [6.45, 7) is 0. The molecule has 0 bridgehead atoms. The molecule has 0 aromatic heterocycles. The van der Waals surface area contributed by atoms with Crippen LogP contribution in [0, 0.1) is 11.3 Å². The first kappa shape index (κ1) is 16.4. The van der Waals surface area contributed by atoms with Gasteiger partial charge in [0.15, 0.2) is 0 Å². The molecule has 0 aliphatic carbocycles. The van der Waals surface area contributed by atoms with Crippen molar-refractivity contribution in [1.29, 1.82) is 5.26 Å². The van der Waals surface area contributed by atoms with Crippen molar-refractivity contribution < 1.29 is 30.7 Å². The Bertz CT molecular complexity index is 263. The molecule has 9 heteroatoms. The first-order chi connectivity index (χ1) is 7.56. The van der Waals surface area contributed by atoms with Gasteiger partial charge in [-0.15, -0.1) is 11.8 Å². The van der Waals surface area contributed by atoms with E-state index in [4.69, 9.17) is 5.26 Å². The molecule has 100 valence electrons. The maximum absolute atomic E-state index is 13.0. The molecule has 17 heavy (non-hydrogen) atoms.